The first-order chi connectivity index (χ1) is 12.5. The zero-order chi connectivity index (χ0) is 18.7. The van der Waals surface area contributed by atoms with Crippen molar-refractivity contribution in [3.8, 4) is 11.1 Å². The number of ether oxygens (including phenoxy) is 1. The van der Waals surface area contributed by atoms with Gasteiger partial charge >= 0.3 is 0 Å². The molecular weight excluding hydrogens is 326 g/mol. The standard InChI is InChI=1S/C21H29N3O2/c1-15(2)24(16(3)4)21(25)19-10-6-5-9-18(19)17-13-22-23(14-17)20-11-7-8-12-26-20/h5-6,9-10,13-16,20H,7-8,11-12H2,1-4H3. The summed E-state index contributed by atoms with van der Waals surface area (Å²) in [5.74, 6) is 0.0623. The van der Waals surface area contributed by atoms with Crippen molar-refractivity contribution in [1.29, 1.82) is 0 Å². The Morgan fingerprint density at radius 2 is 1.92 bits per heavy atom. The summed E-state index contributed by atoms with van der Waals surface area (Å²) in [6.45, 7) is 9.00. The van der Waals surface area contributed by atoms with Crippen LogP contribution in [-0.4, -0.2) is 39.3 Å². The smallest absolute Gasteiger partial charge is 0.254 e. The summed E-state index contributed by atoms with van der Waals surface area (Å²) < 4.78 is 7.70. The molecule has 1 amide bonds. The Morgan fingerprint density at radius 3 is 2.58 bits per heavy atom. The second-order valence-corrected chi connectivity index (χ2v) is 7.48. The van der Waals surface area contributed by atoms with Gasteiger partial charge in [-0.05, 0) is 58.6 Å². The molecule has 5 nitrogen and oxygen atoms in total. The maximum Gasteiger partial charge on any atom is 0.254 e. The van der Waals surface area contributed by atoms with E-state index < -0.39 is 0 Å². The van der Waals surface area contributed by atoms with E-state index in [0.717, 1.165) is 42.6 Å². The molecule has 1 aliphatic heterocycles. The van der Waals surface area contributed by atoms with Gasteiger partial charge in [-0.25, -0.2) is 4.68 Å². The Labute approximate surface area is 156 Å². The number of benzene rings is 1. The first-order valence-corrected chi connectivity index (χ1v) is 9.57. The van der Waals surface area contributed by atoms with E-state index in [2.05, 4.69) is 32.8 Å². The Bertz CT molecular complexity index is 737. The first kappa shape index (κ1) is 18.6. The fraction of sp³-hybridized carbons (Fsp3) is 0.524. The van der Waals surface area contributed by atoms with Gasteiger partial charge in [0, 0.05) is 36.0 Å². The van der Waals surface area contributed by atoms with E-state index in [-0.39, 0.29) is 24.2 Å². The quantitative estimate of drug-likeness (QED) is 0.793. The van der Waals surface area contributed by atoms with E-state index >= 15 is 0 Å². The number of hydrogen-bond donors (Lipinski definition) is 0. The average Bonchev–Trinajstić information content (AvgIpc) is 3.12. The van der Waals surface area contributed by atoms with E-state index in [9.17, 15) is 4.79 Å². The number of carbonyl (C=O) groups is 1. The van der Waals surface area contributed by atoms with Crippen LogP contribution in [0.3, 0.4) is 0 Å². The minimum absolute atomic E-state index is 0.00295. The molecule has 1 aromatic heterocycles. The van der Waals surface area contributed by atoms with Crippen molar-refractivity contribution < 1.29 is 9.53 Å². The van der Waals surface area contributed by atoms with E-state index in [1.165, 1.54) is 0 Å². The van der Waals surface area contributed by atoms with Crippen molar-refractivity contribution in [2.24, 2.45) is 0 Å². The molecule has 1 aliphatic rings. The summed E-state index contributed by atoms with van der Waals surface area (Å²) in [4.78, 5) is 15.1. The molecule has 0 saturated carbocycles. The van der Waals surface area contributed by atoms with Crippen LogP contribution in [-0.2, 0) is 4.74 Å². The molecule has 0 aliphatic carbocycles. The molecule has 1 saturated heterocycles. The van der Waals surface area contributed by atoms with Crippen LogP contribution in [0.2, 0.25) is 0 Å². The minimum Gasteiger partial charge on any atom is -0.357 e. The lowest BCUT2D eigenvalue weighted by molar-refractivity contribution is -0.0394. The molecule has 0 radical (unpaired) electrons. The SMILES string of the molecule is CC(C)N(C(=O)c1ccccc1-c1cnn(C2CCCCO2)c1)C(C)C. The van der Waals surface area contributed by atoms with Crippen molar-refractivity contribution in [1.82, 2.24) is 14.7 Å². The van der Waals surface area contributed by atoms with Gasteiger partial charge in [0.15, 0.2) is 0 Å². The molecule has 26 heavy (non-hydrogen) atoms. The van der Waals surface area contributed by atoms with Crippen LogP contribution in [0.25, 0.3) is 11.1 Å². The summed E-state index contributed by atoms with van der Waals surface area (Å²) in [5.41, 5.74) is 2.60. The molecular formula is C21H29N3O2. The van der Waals surface area contributed by atoms with Gasteiger partial charge in [-0.1, -0.05) is 18.2 Å². The van der Waals surface area contributed by atoms with Gasteiger partial charge in [-0.15, -0.1) is 0 Å². The summed E-state index contributed by atoms with van der Waals surface area (Å²) in [5, 5.41) is 4.50. The number of nitrogens with zero attached hydrogens (tertiary/aromatic N) is 3. The van der Waals surface area contributed by atoms with Gasteiger partial charge in [0.2, 0.25) is 0 Å². The highest BCUT2D eigenvalue weighted by atomic mass is 16.5. The molecule has 140 valence electrons. The molecule has 3 rings (SSSR count). The van der Waals surface area contributed by atoms with E-state index in [1.54, 1.807) is 0 Å². The van der Waals surface area contributed by atoms with Crippen molar-refractivity contribution in [3.05, 3.63) is 42.2 Å². The predicted octanol–water partition coefficient (Wildman–Crippen LogP) is 4.51. The molecule has 1 aromatic carbocycles. The first-order valence-electron chi connectivity index (χ1n) is 9.57. The Kier molecular flexibility index (Phi) is 5.77. The maximum absolute atomic E-state index is 13.2. The number of amides is 1. The van der Waals surface area contributed by atoms with Gasteiger partial charge in [0.1, 0.15) is 6.23 Å². The molecule has 5 heteroatoms. The van der Waals surface area contributed by atoms with Crippen molar-refractivity contribution in [2.45, 2.75) is 65.3 Å². The third-order valence-electron chi connectivity index (χ3n) is 4.87. The molecule has 0 spiro atoms. The highest BCUT2D eigenvalue weighted by Crippen LogP contribution is 2.28. The minimum atomic E-state index is 0.00295. The topological polar surface area (TPSA) is 47.4 Å². The highest BCUT2D eigenvalue weighted by molar-refractivity contribution is 6.01. The average molecular weight is 355 g/mol. The third kappa shape index (κ3) is 3.83. The van der Waals surface area contributed by atoms with Crippen molar-refractivity contribution in [2.75, 3.05) is 6.61 Å². The molecule has 0 N–H and O–H groups in total. The van der Waals surface area contributed by atoms with Crippen LogP contribution in [0.5, 0.6) is 0 Å². The summed E-state index contributed by atoms with van der Waals surface area (Å²) in [6.07, 6.45) is 7.09. The molecule has 0 bridgehead atoms. The van der Waals surface area contributed by atoms with Gasteiger partial charge < -0.3 is 9.64 Å². The van der Waals surface area contributed by atoms with Crippen LogP contribution in [0.15, 0.2) is 36.7 Å². The number of rotatable bonds is 5. The normalized spacial score (nSPS) is 17.7. The van der Waals surface area contributed by atoms with Gasteiger partial charge in [-0.3, -0.25) is 4.79 Å². The van der Waals surface area contributed by atoms with Crippen LogP contribution in [0, 0.1) is 0 Å². The van der Waals surface area contributed by atoms with Crippen molar-refractivity contribution >= 4 is 5.91 Å². The lowest BCUT2D eigenvalue weighted by Crippen LogP contribution is -2.42. The van der Waals surface area contributed by atoms with E-state index in [0.29, 0.717) is 0 Å². The monoisotopic (exact) mass is 355 g/mol. The summed E-state index contributed by atoms with van der Waals surface area (Å²) in [7, 11) is 0. The third-order valence-corrected chi connectivity index (χ3v) is 4.87. The Balaban J connectivity index is 1.92. The van der Waals surface area contributed by atoms with Gasteiger partial charge in [0.25, 0.3) is 5.91 Å². The molecule has 1 unspecified atom stereocenters. The van der Waals surface area contributed by atoms with Gasteiger partial charge in [-0.2, -0.15) is 5.10 Å². The molecule has 2 heterocycles. The fourth-order valence-corrected chi connectivity index (χ4v) is 3.69. The Hall–Kier alpha value is -2.14. The molecule has 1 atom stereocenters. The molecule has 1 fully saturated rings. The Morgan fingerprint density at radius 1 is 1.19 bits per heavy atom. The zero-order valence-corrected chi connectivity index (χ0v) is 16.2. The number of hydrogen-bond acceptors (Lipinski definition) is 3. The fourth-order valence-electron chi connectivity index (χ4n) is 3.69. The zero-order valence-electron chi connectivity index (χ0n) is 16.2. The second kappa shape index (κ2) is 8.04. The second-order valence-electron chi connectivity index (χ2n) is 7.48. The highest BCUT2D eigenvalue weighted by Gasteiger charge is 2.25. The maximum atomic E-state index is 13.2. The largest absolute Gasteiger partial charge is 0.357 e. The summed E-state index contributed by atoms with van der Waals surface area (Å²) >= 11 is 0. The van der Waals surface area contributed by atoms with E-state index in [4.69, 9.17) is 4.74 Å². The molecule has 2 aromatic rings. The lowest BCUT2D eigenvalue weighted by Gasteiger charge is -2.31. The summed E-state index contributed by atoms with van der Waals surface area (Å²) in [6, 6.07) is 8.08. The number of carbonyl (C=O) groups excluding carboxylic acids is 1. The van der Waals surface area contributed by atoms with Crippen LogP contribution < -0.4 is 0 Å². The number of aromatic nitrogens is 2. The van der Waals surface area contributed by atoms with Gasteiger partial charge in [0.05, 0.1) is 6.20 Å². The predicted molar refractivity (Wildman–Crippen MR) is 103 cm³/mol. The van der Waals surface area contributed by atoms with Crippen LogP contribution >= 0.6 is 0 Å². The van der Waals surface area contributed by atoms with Crippen LogP contribution in [0.1, 0.15) is 63.5 Å². The lowest BCUT2D eigenvalue weighted by atomic mass is 10.0. The van der Waals surface area contributed by atoms with E-state index in [1.807, 2.05) is 46.2 Å². The van der Waals surface area contributed by atoms with Crippen LogP contribution in [0.4, 0.5) is 0 Å². The van der Waals surface area contributed by atoms with Crippen molar-refractivity contribution in [3.63, 3.8) is 0 Å².